The molecule has 6 nitrogen and oxygen atoms in total. The van der Waals surface area contributed by atoms with Crippen molar-refractivity contribution in [2.75, 3.05) is 11.4 Å². The van der Waals surface area contributed by atoms with Gasteiger partial charge < -0.3 is 10.6 Å². The maximum atomic E-state index is 14.6. The summed E-state index contributed by atoms with van der Waals surface area (Å²) in [5, 5.41) is 7.49. The summed E-state index contributed by atoms with van der Waals surface area (Å²) < 4.78 is 14.6. The van der Waals surface area contributed by atoms with E-state index >= 15 is 0 Å². The molecule has 2 aromatic carbocycles. The number of thiophene rings is 1. The SMILES string of the molecule is Cc1ccc(N(C(=O)CNC(=O)c2cccs2)[C@H](C(=O)NC2CCCC2)c2ccccc2)cc1F. The molecule has 1 aromatic heterocycles. The van der Waals surface area contributed by atoms with E-state index in [2.05, 4.69) is 10.6 Å². The van der Waals surface area contributed by atoms with E-state index < -0.39 is 17.8 Å². The highest BCUT2D eigenvalue weighted by Crippen LogP contribution is 2.30. The van der Waals surface area contributed by atoms with E-state index in [1.165, 1.54) is 22.3 Å². The van der Waals surface area contributed by atoms with Gasteiger partial charge in [0.2, 0.25) is 11.8 Å². The Kier molecular flexibility index (Phi) is 7.92. The van der Waals surface area contributed by atoms with E-state index in [1.807, 2.05) is 6.07 Å². The summed E-state index contributed by atoms with van der Waals surface area (Å²) in [5.41, 5.74) is 1.28. The van der Waals surface area contributed by atoms with Gasteiger partial charge in [0.1, 0.15) is 11.9 Å². The van der Waals surface area contributed by atoms with Gasteiger partial charge in [-0.1, -0.05) is 55.3 Å². The summed E-state index contributed by atoms with van der Waals surface area (Å²) in [4.78, 5) is 41.4. The average molecular weight is 494 g/mol. The lowest BCUT2D eigenvalue weighted by molar-refractivity contribution is -0.126. The van der Waals surface area contributed by atoms with E-state index in [0.29, 0.717) is 16.0 Å². The Bertz CT molecular complexity index is 1180. The molecule has 1 aliphatic carbocycles. The highest BCUT2D eigenvalue weighted by molar-refractivity contribution is 7.12. The number of nitrogens with zero attached hydrogens (tertiary/aromatic N) is 1. The fourth-order valence-electron chi connectivity index (χ4n) is 4.31. The number of benzene rings is 2. The summed E-state index contributed by atoms with van der Waals surface area (Å²) in [7, 11) is 0. The van der Waals surface area contributed by atoms with Crippen LogP contribution in [-0.4, -0.2) is 30.3 Å². The largest absolute Gasteiger partial charge is 0.351 e. The van der Waals surface area contributed by atoms with Gasteiger partial charge in [-0.25, -0.2) is 4.39 Å². The standard InChI is InChI=1S/C27H28FN3O3S/c1-18-13-14-21(16-22(18)28)31(24(32)17-29-26(33)23-12-7-15-35-23)25(19-8-3-2-4-9-19)27(34)30-20-10-5-6-11-20/h2-4,7-9,12-16,20,25H,5-6,10-11,17H2,1H3,(H,29,33)(H,30,34)/t25-/m0/s1. The van der Waals surface area contributed by atoms with Crippen LogP contribution in [0.1, 0.15) is 52.5 Å². The first-order chi connectivity index (χ1) is 16.9. The van der Waals surface area contributed by atoms with E-state index in [9.17, 15) is 18.8 Å². The number of nitrogens with one attached hydrogen (secondary N) is 2. The molecule has 4 rings (SSSR count). The fourth-order valence-corrected chi connectivity index (χ4v) is 4.95. The Balaban J connectivity index is 1.69. The first kappa shape index (κ1) is 24.6. The van der Waals surface area contributed by atoms with Crippen LogP contribution in [0.2, 0.25) is 0 Å². The minimum Gasteiger partial charge on any atom is -0.351 e. The van der Waals surface area contributed by atoms with Crippen molar-refractivity contribution in [3.8, 4) is 0 Å². The molecule has 0 bridgehead atoms. The summed E-state index contributed by atoms with van der Waals surface area (Å²) in [6, 6.07) is 15.8. The Morgan fingerprint density at radius 3 is 2.46 bits per heavy atom. The van der Waals surface area contributed by atoms with Crippen molar-refractivity contribution in [1.29, 1.82) is 0 Å². The molecular weight excluding hydrogens is 465 g/mol. The molecule has 1 saturated carbocycles. The minimum absolute atomic E-state index is 0.0407. The zero-order valence-corrected chi connectivity index (χ0v) is 20.3. The number of halogens is 1. The van der Waals surface area contributed by atoms with Gasteiger partial charge in [-0.3, -0.25) is 19.3 Å². The lowest BCUT2D eigenvalue weighted by atomic mass is 10.0. The molecule has 182 valence electrons. The van der Waals surface area contributed by atoms with Crippen LogP contribution in [0.5, 0.6) is 0 Å². The van der Waals surface area contributed by atoms with Gasteiger partial charge in [-0.2, -0.15) is 0 Å². The topological polar surface area (TPSA) is 78.5 Å². The Morgan fingerprint density at radius 1 is 1.06 bits per heavy atom. The molecule has 1 heterocycles. The normalized spacial score (nSPS) is 14.3. The summed E-state index contributed by atoms with van der Waals surface area (Å²) in [5.74, 6) is -1.71. The molecule has 1 aliphatic rings. The molecule has 35 heavy (non-hydrogen) atoms. The van der Waals surface area contributed by atoms with Crippen LogP contribution < -0.4 is 15.5 Å². The molecule has 1 fully saturated rings. The van der Waals surface area contributed by atoms with Crippen LogP contribution in [0.25, 0.3) is 0 Å². The van der Waals surface area contributed by atoms with Gasteiger partial charge in [0, 0.05) is 11.7 Å². The average Bonchev–Trinajstić information content (AvgIpc) is 3.58. The van der Waals surface area contributed by atoms with Crippen molar-refractivity contribution in [2.24, 2.45) is 0 Å². The molecular formula is C27H28FN3O3S. The molecule has 3 amide bonds. The van der Waals surface area contributed by atoms with Gasteiger partial charge >= 0.3 is 0 Å². The molecule has 1 atom stereocenters. The number of aryl methyl sites for hydroxylation is 1. The zero-order chi connectivity index (χ0) is 24.8. The van der Waals surface area contributed by atoms with Crippen LogP contribution in [0.4, 0.5) is 10.1 Å². The van der Waals surface area contributed by atoms with Crippen LogP contribution in [0.15, 0.2) is 66.0 Å². The molecule has 0 radical (unpaired) electrons. The lowest BCUT2D eigenvalue weighted by Gasteiger charge is -2.32. The van der Waals surface area contributed by atoms with Crippen LogP contribution in [0.3, 0.4) is 0 Å². The zero-order valence-electron chi connectivity index (χ0n) is 19.5. The minimum atomic E-state index is -1.02. The highest BCUT2D eigenvalue weighted by Gasteiger charge is 2.34. The molecule has 8 heteroatoms. The quantitative estimate of drug-likeness (QED) is 0.475. The Hall–Kier alpha value is -3.52. The van der Waals surface area contributed by atoms with Gasteiger partial charge in [-0.05, 0) is 54.5 Å². The van der Waals surface area contributed by atoms with Gasteiger partial charge in [0.25, 0.3) is 5.91 Å². The third kappa shape index (κ3) is 5.95. The second kappa shape index (κ2) is 11.3. The van der Waals surface area contributed by atoms with Gasteiger partial charge in [-0.15, -0.1) is 11.3 Å². The van der Waals surface area contributed by atoms with Crippen molar-refractivity contribution in [2.45, 2.75) is 44.7 Å². The van der Waals surface area contributed by atoms with Crippen molar-refractivity contribution in [3.63, 3.8) is 0 Å². The molecule has 0 spiro atoms. The predicted molar refractivity (Wildman–Crippen MR) is 135 cm³/mol. The second-order valence-corrected chi connectivity index (χ2v) is 9.61. The van der Waals surface area contributed by atoms with Crippen molar-refractivity contribution < 1.29 is 18.8 Å². The van der Waals surface area contributed by atoms with Crippen molar-refractivity contribution >= 4 is 34.7 Å². The van der Waals surface area contributed by atoms with E-state index in [1.54, 1.807) is 60.8 Å². The first-order valence-electron chi connectivity index (χ1n) is 11.7. The van der Waals surface area contributed by atoms with Gasteiger partial charge in [0.05, 0.1) is 11.4 Å². The molecule has 3 aromatic rings. The van der Waals surface area contributed by atoms with Gasteiger partial charge in [0.15, 0.2) is 0 Å². The number of amides is 3. The molecule has 0 aliphatic heterocycles. The number of carbonyl (C=O) groups is 3. The van der Waals surface area contributed by atoms with Crippen molar-refractivity contribution in [3.05, 3.63) is 87.9 Å². The molecule has 2 N–H and O–H groups in total. The summed E-state index contributed by atoms with van der Waals surface area (Å²) >= 11 is 1.27. The third-order valence-electron chi connectivity index (χ3n) is 6.17. The number of hydrogen-bond donors (Lipinski definition) is 2. The van der Waals surface area contributed by atoms with Crippen LogP contribution in [0, 0.1) is 12.7 Å². The molecule has 0 unspecified atom stereocenters. The molecule has 0 saturated heterocycles. The number of hydrogen-bond acceptors (Lipinski definition) is 4. The van der Waals surface area contributed by atoms with E-state index in [4.69, 9.17) is 0 Å². The number of rotatable bonds is 8. The summed E-state index contributed by atoms with van der Waals surface area (Å²) in [6.45, 7) is 1.29. The second-order valence-electron chi connectivity index (χ2n) is 8.66. The van der Waals surface area contributed by atoms with Crippen LogP contribution >= 0.6 is 11.3 Å². The van der Waals surface area contributed by atoms with E-state index in [-0.39, 0.29) is 30.1 Å². The van der Waals surface area contributed by atoms with E-state index in [0.717, 1.165) is 25.7 Å². The Morgan fingerprint density at radius 2 is 1.80 bits per heavy atom. The first-order valence-corrected chi connectivity index (χ1v) is 12.6. The number of carbonyl (C=O) groups excluding carboxylic acids is 3. The fraction of sp³-hybridized carbons (Fsp3) is 0.296. The lowest BCUT2D eigenvalue weighted by Crippen LogP contribution is -2.49. The third-order valence-corrected chi connectivity index (χ3v) is 7.04. The maximum Gasteiger partial charge on any atom is 0.261 e. The monoisotopic (exact) mass is 493 g/mol. The maximum absolute atomic E-state index is 14.6. The predicted octanol–water partition coefficient (Wildman–Crippen LogP) is 4.76. The summed E-state index contributed by atoms with van der Waals surface area (Å²) in [6.07, 6.45) is 3.86. The van der Waals surface area contributed by atoms with Crippen LogP contribution in [-0.2, 0) is 9.59 Å². The number of anilines is 1. The van der Waals surface area contributed by atoms with Crippen molar-refractivity contribution in [1.82, 2.24) is 10.6 Å². The smallest absolute Gasteiger partial charge is 0.261 e. The highest BCUT2D eigenvalue weighted by atomic mass is 32.1. The Labute approximate surface area is 208 Å².